The topological polar surface area (TPSA) is 72.5 Å². The van der Waals surface area contributed by atoms with Gasteiger partial charge in [0.2, 0.25) is 0 Å². The number of carbonyl (C=O) groups is 1. The highest BCUT2D eigenvalue weighted by molar-refractivity contribution is 7.93. The first kappa shape index (κ1) is 19.3. The van der Waals surface area contributed by atoms with Crippen molar-refractivity contribution >= 4 is 32.3 Å². The van der Waals surface area contributed by atoms with E-state index in [9.17, 15) is 26.4 Å². The van der Waals surface area contributed by atoms with Crippen LogP contribution in [0.15, 0.2) is 35.2 Å². The first-order chi connectivity index (χ1) is 11.6. The van der Waals surface area contributed by atoms with E-state index in [1.807, 2.05) is 0 Å². The summed E-state index contributed by atoms with van der Waals surface area (Å²) in [6.45, 7) is 3.35. The minimum Gasteiger partial charge on any atom is -0.462 e. The molecule has 5 nitrogen and oxygen atoms in total. The summed E-state index contributed by atoms with van der Waals surface area (Å²) >= 11 is 0.796. The highest BCUT2D eigenvalue weighted by atomic mass is 32.2. The average molecular weight is 393 g/mol. The Labute approximate surface area is 146 Å². The fourth-order valence-electron chi connectivity index (χ4n) is 2.05. The number of hydrogen-bond donors (Lipinski definition) is 1. The van der Waals surface area contributed by atoms with Crippen LogP contribution in [0.3, 0.4) is 0 Å². The smallest absolute Gasteiger partial charge is 0.417 e. The maximum atomic E-state index is 13.0. The molecule has 0 saturated carbocycles. The van der Waals surface area contributed by atoms with Gasteiger partial charge in [0, 0.05) is 0 Å². The Morgan fingerprint density at radius 2 is 1.92 bits per heavy atom. The van der Waals surface area contributed by atoms with Crippen molar-refractivity contribution in [2.24, 2.45) is 0 Å². The second-order valence-corrected chi connectivity index (χ2v) is 7.65. The molecule has 0 atom stereocenters. The first-order valence-corrected chi connectivity index (χ1v) is 9.33. The Kier molecular flexibility index (Phi) is 5.43. The minimum absolute atomic E-state index is 0.0255. The summed E-state index contributed by atoms with van der Waals surface area (Å²) in [5.41, 5.74) is -0.799. The van der Waals surface area contributed by atoms with E-state index in [2.05, 4.69) is 4.72 Å². The van der Waals surface area contributed by atoms with Gasteiger partial charge in [0.25, 0.3) is 10.0 Å². The number of carbonyl (C=O) groups excluding carboxylic acids is 1. The van der Waals surface area contributed by atoms with Gasteiger partial charge >= 0.3 is 12.1 Å². The lowest BCUT2D eigenvalue weighted by atomic mass is 10.2. The van der Waals surface area contributed by atoms with E-state index in [-0.39, 0.29) is 16.5 Å². The monoisotopic (exact) mass is 393 g/mol. The molecular formula is C15H14F3NO4S2. The number of benzene rings is 1. The zero-order valence-electron chi connectivity index (χ0n) is 13.2. The van der Waals surface area contributed by atoms with Crippen molar-refractivity contribution in [2.75, 3.05) is 11.3 Å². The van der Waals surface area contributed by atoms with Gasteiger partial charge in [0.1, 0.15) is 9.88 Å². The molecule has 136 valence electrons. The molecule has 2 rings (SSSR count). The van der Waals surface area contributed by atoms with Crippen molar-refractivity contribution in [3.63, 3.8) is 0 Å². The van der Waals surface area contributed by atoms with E-state index in [4.69, 9.17) is 4.74 Å². The molecule has 0 spiro atoms. The van der Waals surface area contributed by atoms with Crippen LogP contribution < -0.4 is 4.72 Å². The second-order valence-electron chi connectivity index (χ2n) is 4.94. The summed E-state index contributed by atoms with van der Waals surface area (Å²) < 4.78 is 70.7. The maximum absolute atomic E-state index is 13.0. The molecule has 2 aromatic rings. The number of alkyl halides is 3. The zero-order chi connectivity index (χ0) is 18.8. The number of hydrogen-bond acceptors (Lipinski definition) is 5. The molecule has 0 aliphatic rings. The molecule has 1 aromatic heterocycles. The fourth-order valence-corrected chi connectivity index (χ4v) is 4.53. The van der Waals surface area contributed by atoms with Crippen molar-refractivity contribution in [1.82, 2.24) is 0 Å². The maximum Gasteiger partial charge on any atom is 0.417 e. The summed E-state index contributed by atoms with van der Waals surface area (Å²) in [4.78, 5) is 11.1. The molecule has 0 aliphatic carbocycles. The molecule has 0 amide bonds. The number of esters is 1. The van der Waals surface area contributed by atoms with Crippen molar-refractivity contribution in [2.45, 2.75) is 24.9 Å². The Hall–Kier alpha value is -2.07. The Bertz CT molecular complexity index is 888. The number of anilines is 1. The van der Waals surface area contributed by atoms with Crippen LogP contribution in [0.25, 0.3) is 0 Å². The molecule has 0 radical (unpaired) electrons. The predicted molar refractivity (Wildman–Crippen MR) is 87.3 cm³/mol. The molecule has 10 heteroatoms. The van der Waals surface area contributed by atoms with Crippen LogP contribution in [0.4, 0.5) is 18.2 Å². The van der Waals surface area contributed by atoms with Gasteiger partial charge in [-0.3, -0.25) is 4.72 Å². The molecule has 0 unspecified atom stereocenters. The van der Waals surface area contributed by atoms with Gasteiger partial charge in [-0.1, -0.05) is 12.1 Å². The van der Waals surface area contributed by atoms with Gasteiger partial charge in [0.05, 0.1) is 17.1 Å². The van der Waals surface area contributed by atoms with Gasteiger partial charge in [-0.15, -0.1) is 11.3 Å². The van der Waals surface area contributed by atoms with Gasteiger partial charge in [-0.25, -0.2) is 13.2 Å². The normalized spacial score (nSPS) is 12.0. The third-order valence-corrected chi connectivity index (χ3v) is 5.78. The van der Waals surface area contributed by atoms with E-state index in [1.54, 1.807) is 13.8 Å². The average Bonchev–Trinajstić information content (AvgIpc) is 2.86. The number of halogens is 3. The lowest BCUT2D eigenvalue weighted by molar-refractivity contribution is -0.139. The van der Waals surface area contributed by atoms with Crippen LogP contribution in [0.2, 0.25) is 0 Å². The number of thiophene rings is 1. The number of rotatable bonds is 5. The molecule has 0 saturated heterocycles. The zero-order valence-corrected chi connectivity index (χ0v) is 14.8. The van der Waals surface area contributed by atoms with Crippen LogP contribution in [0.1, 0.15) is 27.7 Å². The summed E-state index contributed by atoms with van der Waals surface area (Å²) in [5, 5.41) is 0.0255. The summed E-state index contributed by atoms with van der Waals surface area (Å²) in [6.07, 6.45) is -4.81. The van der Waals surface area contributed by atoms with Crippen molar-refractivity contribution in [3.8, 4) is 0 Å². The molecule has 1 aromatic carbocycles. The Morgan fingerprint density at radius 3 is 2.52 bits per heavy atom. The summed E-state index contributed by atoms with van der Waals surface area (Å²) in [7, 11) is -4.48. The van der Waals surface area contributed by atoms with Crippen LogP contribution >= 0.6 is 11.3 Å². The predicted octanol–water partition coefficient (Wildman–Crippen LogP) is 4.05. The van der Waals surface area contributed by atoms with Gasteiger partial charge in [-0.05, 0) is 37.6 Å². The fraction of sp³-hybridized carbons (Fsp3) is 0.267. The van der Waals surface area contributed by atoms with Crippen LogP contribution in [0, 0.1) is 6.92 Å². The highest BCUT2D eigenvalue weighted by Gasteiger charge is 2.37. The molecule has 1 N–H and O–H groups in total. The van der Waals surface area contributed by atoms with E-state index in [0.29, 0.717) is 11.6 Å². The molecule has 25 heavy (non-hydrogen) atoms. The SMILES string of the molecule is CCOC(=O)c1sc(NS(=O)(=O)c2ccccc2C(F)(F)F)cc1C. The number of ether oxygens (including phenoxy) is 1. The lowest BCUT2D eigenvalue weighted by Crippen LogP contribution is -2.18. The highest BCUT2D eigenvalue weighted by Crippen LogP contribution is 2.35. The number of sulfonamides is 1. The van der Waals surface area contributed by atoms with Crippen molar-refractivity contribution < 1.29 is 31.1 Å². The molecule has 1 heterocycles. The standard InChI is InChI=1S/C15H14F3NO4S2/c1-3-23-14(20)13-9(2)8-12(24-13)19-25(21,22)11-7-5-4-6-10(11)15(16,17)18/h4-8,19H,3H2,1-2H3. The summed E-state index contributed by atoms with van der Waals surface area (Å²) in [5.74, 6) is -0.619. The van der Waals surface area contributed by atoms with Crippen molar-refractivity contribution in [3.05, 3.63) is 46.3 Å². The molecule has 0 fully saturated rings. The Balaban J connectivity index is 2.38. The second kappa shape index (κ2) is 7.04. The molecule has 0 aliphatic heterocycles. The molecular weight excluding hydrogens is 379 g/mol. The van der Waals surface area contributed by atoms with E-state index in [0.717, 1.165) is 23.5 Å². The number of aryl methyl sites for hydroxylation is 1. The minimum atomic E-state index is -4.81. The van der Waals surface area contributed by atoms with Crippen LogP contribution in [0.5, 0.6) is 0 Å². The van der Waals surface area contributed by atoms with Gasteiger partial charge in [0.15, 0.2) is 0 Å². The largest absolute Gasteiger partial charge is 0.462 e. The van der Waals surface area contributed by atoms with Crippen molar-refractivity contribution in [1.29, 1.82) is 0 Å². The van der Waals surface area contributed by atoms with Crippen LogP contribution in [-0.4, -0.2) is 21.0 Å². The van der Waals surface area contributed by atoms with Crippen LogP contribution in [-0.2, 0) is 20.9 Å². The third kappa shape index (κ3) is 4.31. The van der Waals surface area contributed by atoms with E-state index in [1.165, 1.54) is 12.1 Å². The van der Waals surface area contributed by atoms with Gasteiger partial charge in [-0.2, -0.15) is 13.2 Å². The van der Waals surface area contributed by atoms with E-state index < -0.39 is 32.6 Å². The first-order valence-electron chi connectivity index (χ1n) is 7.03. The van der Waals surface area contributed by atoms with E-state index >= 15 is 0 Å². The van der Waals surface area contributed by atoms with Gasteiger partial charge < -0.3 is 4.74 Å². The quantitative estimate of drug-likeness (QED) is 0.778. The number of nitrogens with one attached hydrogen (secondary N) is 1. The molecule has 0 bridgehead atoms. The lowest BCUT2D eigenvalue weighted by Gasteiger charge is -2.13. The summed E-state index contributed by atoms with van der Waals surface area (Å²) in [6, 6.07) is 5.24. The Morgan fingerprint density at radius 1 is 1.28 bits per heavy atom. The third-order valence-electron chi connectivity index (χ3n) is 3.10.